The van der Waals surface area contributed by atoms with Crippen molar-refractivity contribution in [3.05, 3.63) is 12.2 Å². The Kier molecular flexibility index (Phi) is 8.18. The summed E-state index contributed by atoms with van der Waals surface area (Å²) in [5.41, 5.74) is 0. The second-order valence-corrected chi connectivity index (χ2v) is 6.52. The summed E-state index contributed by atoms with van der Waals surface area (Å²) in [7, 11) is 1.67. The fourth-order valence-corrected chi connectivity index (χ4v) is 3.14. The molecule has 1 aliphatic heterocycles. The van der Waals surface area contributed by atoms with Crippen molar-refractivity contribution in [1.82, 2.24) is 25.0 Å². The summed E-state index contributed by atoms with van der Waals surface area (Å²) in [5, 5.41) is 11.1. The lowest BCUT2D eigenvalue weighted by molar-refractivity contribution is -0.122. The molecule has 7 heteroatoms. The van der Waals surface area contributed by atoms with Gasteiger partial charge in [-0.1, -0.05) is 19.3 Å². The number of methoxy groups -OCH3 is 1. The minimum Gasteiger partial charge on any atom is -0.383 e. The number of hydrogen-bond donors (Lipinski definition) is 1. The van der Waals surface area contributed by atoms with Gasteiger partial charge in [-0.2, -0.15) is 0 Å². The van der Waals surface area contributed by atoms with E-state index in [1.54, 1.807) is 13.4 Å². The molecule has 0 unspecified atom stereocenters. The predicted octanol–water partition coefficient (Wildman–Crippen LogP) is 1.76. The van der Waals surface area contributed by atoms with Gasteiger partial charge >= 0.3 is 0 Å². The molecule has 1 aromatic heterocycles. The Bertz CT molecular complexity index is 483. The zero-order valence-electron chi connectivity index (χ0n) is 15.0. The van der Waals surface area contributed by atoms with Crippen LogP contribution in [0.15, 0.2) is 6.33 Å². The molecule has 2 rings (SSSR count). The molecule has 7 nitrogen and oxygen atoms in total. The van der Waals surface area contributed by atoms with Crippen LogP contribution in [0.4, 0.5) is 0 Å². The molecule has 1 fully saturated rings. The summed E-state index contributed by atoms with van der Waals surface area (Å²) in [5.74, 6) is 0.845. The largest absolute Gasteiger partial charge is 0.383 e. The van der Waals surface area contributed by atoms with Crippen molar-refractivity contribution in [3.63, 3.8) is 0 Å². The smallest absolute Gasteiger partial charge is 0.221 e. The average molecular weight is 337 g/mol. The van der Waals surface area contributed by atoms with Crippen molar-refractivity contribution in [2.75, 3.05) is 33.4 Å². The van der Waals surface area contributed by atoms with E-state index < -0.39 is 0 Å². The maximum Gasteiger partial charge on any atom is 0.221 e. The molecule has 1 N–H and O–H groups in total. The highest BCUT2D eigenvalue weighted by molar-refractivity contribution is 5.76. The minimum atomic E-state index is -0.149. The molecule has 0 radical (unpaired) electrons. The fourth-order valence-electron chi connectivity index (χ4n) is 3.14. The molecule has 0 saturated carbocycles. The molecule has 1 saturated heterocycles. The van der Waals surface area contributed by atoms with E-state index in [-0.39, 0.29) is 11.9 Å². The first-order valence-corrected chi connectivity index (χ1v) is 9.09. The highest BCUT2D eigenvalue weighted by atomic mass is 16.5. The van der Waals surface area contributed by atoms with E-state index in [4.69, 9.17) is 4.74 Å². The van der Waals surface area contributed by atoms with Crippen molar-refractivity contribution in [2.24, 2.45) is 0 Å². The molecule has 2 heterocycles. The van der Waals surface area contributed by atoms with E-state index in [0.29, 0.717) is 19.6 Å². The fraction of sp³-hybridized carbons (Fsp3) is 0.824. The third kappa shape index (κ3) is 6.20. The van der Waals surface area contributed by atoms with Crippen LogP contribution < -0.4 is 5.32 Å². The highest BCUT2D eigenvalue weighted by Crippen LogP contribution is 2.12. The standard InChI is InChI=1S/C17H31N5O2/c1-15(17-20-18-14-22(17)12-13-24-2)19-16(23)8-11-21-9-6-4-3-5-7-10-21/h14-15H,3-13H2,1-2H3,(H,19,23)/t15-/m1/s1. The lowest BCUT2D eigenvalue weighted by atomic mass is 10.1. The van der Waals surface area contributed by atoms with Crippen molar-refractivity contribution < 1.29 is 9.53 Å². The van der Waals surface area contributed by atoms with Crippen LogP contribution in [0.25, 0.3) is 0 Å². The average Bonchev–Trinajstić information content (AvgIpc) is 3.00. The van der Waals surface area contributed by atoms with Gasteiger partial charge in [0.2, 0.25) is 5.91 Å². The van der Waals surface area contributed by atoms with E-state index >= 15 is 0 Å². The molecular formula is C17H31N5O2. The number of ether oxygens (including phenoxy) is 1. The van der Waals surface area contributed by atoms with Gasteiger partial charge in [-0.3, -0.25) is 4.79 Å². The van der Waals surface area contributed by atoms with Crippen molar-refractivity contribution >= 4 is 5.91 Å². The summed E-state index contributed by atoms with van der Waals surface area (Å²) < 4.78 is 7.01. The molecule has 1 atom stereocenters. The quantitative estimate of drug-likeness (QED) is 0.782. The Morgan fingerprint density at radius 3 is 2.67 bits per heavy atom. The van der Waals surface area contributed by atoms with Gasteiger partial charge < -0.3 is 19.5 Å². The first kappa shape index (κ1) is 18.9. The van der Waals surface area contributed by atoms with Gasteiger partial charge in [0.1, 0.15) is 6.33 Å². The summed E-state index contributed by atoms with van der Waals surface area (Å²) in [6, 6.07) is -0.149. The van der Waals surface area contributed by atoms with Gasteiger partial charge in [-0.25, -0.2) is 0 Å². The zero-order chi connectivity index (χ0) is 17.2. The number of carbonyl (C=O) groups excluding carboxylic acids is 1. The number of rotatable bonds is 8. The number of hydrogen-bond acceptors (Lipinski definition) is 5. The van der Waals surface area contributed by atoms with Crippen molar-refractivity contribution in [2.45, 2.75) is 58.0 Å². The molecular weight excluding hydrogens is 306 g/mol. The maximum atomic E-state index is 12.3. The Labute approximate surface area is 144 Å². The van der Waals surface area contributed by atoms with Crippen molar-refractivity contribution in [3.8, 4) is 0 Å². The molecule has 0 spiro atoms. The zero-order valence-corrected chi connectivity index (χ0v) is 15.0. The van der Waals surface area contributed by atoms with Gasteiger partial charge in [-0.15, -0.1) is 10.2 Å². The molecule has 0 aliphatic carbocycles. The van der Waals surface area contributed by atoms with Crippen LogP contribution in [-0.2, 0) is 16.1 Å². The lowest BCUT2D eigenvalue weighted by Gasteiger charge is -2.24. The van der Waals surface area contributed by atoms with Crippen LogP contribution in [0.3, 0.4) is 0 Å². The number of nitrogens with zero attached hydrogens (tertiary/aromatic N) is 4. The number of likely N-dealkylation sites (tertiary alicyclic amines) is 1. The van der Waals surface area contributed by atoms with Crippen LogP contribution >= 0.6 is 0 Å². The van der Waals surface area contributed by atoms with E-state index in [9.17, 15) is 4.79 Å². The highest BCUT2D eigenvalue weighted by Gasteiger charge is 2.16. The van der Waals surface area contributed by atoms with Crippen molar-refractivity contribution in [1.29, 1.82) is 0 Å². The summed E-state index contributed by atoms with van der Waals surface area (Å²) in [6.45, 7) is 6.31. The van der Waals surface area contributed by atoms with Crippen LogP contribution in [0.5, 0.6) is 0 Å². The first-order valence-electron chi connectivity index (χ1n) is 9.09. The van der Waals surface area contributed by atoms with Crippen LogP contribution in [0.1, 0.15) is 57.3 Å². The molecule has 136 valence electrons. The van der Waals surface area contributed by atoms with Gasteiger partial charge in [0.15, 0.2) is 5.82 Å². The maximum absolute atomic E-state index is 12.3. The Morgan fingerprint density at radius 2 is 1.96 bits per heavy atom. The van der Waals surface area contributed by atoms with E-state index in [1.165, 1.54) is 32.1 Å². The second kappa shape index (κ2) is 10.4. The predicted molar refractivity (Wildman–Crippen MR) is 92.6 cm³/mol. The second-order valence-electron chi connectivity index (χ2n) is 6.52. The Morgan fingerprint density at radius 1 is 1.25 bits per heavy atom. The molecule has 1 amide bonds. The van der Waals surface area contributed by atoms with Gasteiger partial charge in [0.05, 0.1) is 12.6 Å². The van der Waals surface area contributed by atoms with Crippen LogP contribution in [0, 0.1) is 0 Å². The van der Waals surface area contributed by atoms with Gasteiger partial charge in [0.25, 0.3) is 0 Å². The lowest BCUT2D eigenvalue weighted by Crippen LogP contribution is -2.34. The number of nitrogens with one attached hydrogen (secondary N) is 1. The third-order valence-corrected chi connectivity index (χ3v) is 4.55. The molecule has 1 aliphatic rings. The van der Waals surface area contributed by atoms with E-state index in [0.717, 1.165) is 25.5 Å². The van der Waals surface area contributed by atoms with E-state index in [1.807, 2.05) is 11.5 Å². The van der Waals surface area contributed by atoms with Crippen LogP contribution in [-0.4, -0.2) is 58.9 Å². The third-order valence-electron chi connectivity index (χ3n) is 4.55. The molecule has 1 aromatic rings. The Balaban J connectivity index is 1.75. The van der Waals surface area contributed by atoms with Crippen LogP contribution in [0.2, 0.25) is 0 Å². The number of amides is 1. The first-order chi connectivity index (χ1) is 11.7. The van der Waals surface area contributed by atoms with Gasteiger partial charge in [-0.05, 0) is 32.9 Å². The molecule has 0 aromatic carbocycles. The molecule has 0 bridgehead atoms. The SMILES string of the molecule is COCCn1cnnc1[C@@H](C)NC(=O)CCN1CCCCCCC1. The monoisotopic (exact) mass is 337 g/mol. The van der Waals surface area contributed by atoms with E-state index in [2.05, 4.69) is 20.4 Å². The summed E-state index contributed by atoms with van der Waals surface area (Å²) in [4.78, 5) is 14.7. The van der Waals surface area contributed by atoms with Gasteiger partial charge in [0, 0.05) is 26.6 Å². The summed E-state index contributed by atoms with van der Waals surface area (Å²) in [6.07, 6.45) is 8.71. The summed E-state index contributed by atoms with van der Waals surface area (Å²) >= 11 is 0. The normalized spacial score (nSPS) is 17.9. The number of aromatic nitrogens is 3. The molecule has 24 heavy (non-hydrogen) atoms. The number of carbonyl (C=O) groups is 1. The Hall–Kier alpha value is -1.47. The topological polar surface area (TPSA) is 72.3 Å². The minimum absolute atomic E-state index is 0.0749.